The molecule has 25 heavy (non-hydrogen) atoms. The van der Waals surface area contributed by atoms with Gasteiger partial charge in [-0.2, -0.15) is 0 Å². The van der Waals surface area contributed by atoms with Crippen LogP contribution in [-0.4, -0.2) is 23.5 Å². The lowest BCUT2D eigenvalue weighted by atomic mass is 10.1. The van der Waals surface area contributed by atoms with Crippen LogP contribution in [0.15, 0.2) is 30.3 Å². The van der Waals surface area contributed by atoms with Crippen molar-refractivity contribution in [3.05, 3.63) is 46.3 Å². The van der Waals surface area contributed by atoms with Crippen molar-refractivity contribution < 1.29 is 14.3 Å². The van der Waals surface area contributed by atoms with Gasteiger partial charge in [0.25, 0.3) is 11.8 Å². The van der Waals surface area contributed by atoms with Crippen LogP contribution in [0.2, 0.25) is 0 Å². The summed E-state index contributed by atoms with van der Waals surface area (Å²) in [7, 11) is 0. The van der Waals surface area contributed by atoms with Crippen LogP contribution in [0, 0.1) is 0 Å². The van der Waals surface area contributed by atoms with E-state index >= 15 is 0 Å². The summed E-state index contributed by atoms with van der Waals surface area (Å²) in [4.78, 5) is 24.8. The number of thiocarbonyl (C=S) groups is 1. The number of nitrogens with two attached hydrogens (primary N) is 1. The predicted octanol–water partition coefficient (Wildman–Crippen LogP) is 2.23. The Morgan fingerprint density at radius 3 is 2.72 bits per heavy atom. The van der Waals surface area contributed by atoms with Crippen LogP contribution in [0.4, 0.5) is 5.00 Å². The molecule has 130 valence electrons. The zero-order valence-electron chi connectivity index (χ0n) is 13.3. The zero-order valence-corrected chi connectivity index (χ0v) is 15.0. The molecule has 3 rings (SSSR count). The first-order valence-electron chi connectivity index (χ1n) is 7.77. The molecule has 2 amide bonds. The second kappa shape index (κ2) is 7.62. The number of hydrogen-bond donors (Lipinski definition) is 3. The maximum Gasteiger partial charge on any atom is 0.264 e. The van der Waals surface area contributed by atoms with Crippen molar-refractivity contribution in [2.75, 3.05) is 11.9 Å². The molecule has 0 unspecified atom stereocenters. The molecule has 0 atom stereocenters. The van der Waals surface area contributed by atoms with Crippen LogP contribution >= 0.6 is 23.6 Å². The topological polar surface area (TPSA) is 93.5 Å². The molecule has 0 radical (unpaired) electrons. The fourth-order valence-electron chi connectivity index (χ4n) is 2.72. The Hall–Kier alpha value is -2.45. The van der Waals surface area contributed by atoms with E-state index in [1.165, 1.54) is 11.3 Å². The third kappa shape index (κ3) is 4.15. The first kappa shape index (κ1) is 17.4. The molecule has 0 aliphatic heterocycles. The molecule has 1 aliphatic carbocycles. The molecule has 1 aromatic heterocycles. The molecule has 0 fully saturated rings. The average molecular weight is 375 g/mol. The number of anilines is 1. The van der Waals surface area contributed by atoms with Crippen molar-refractivity contribution in [3.8, 4) is 5.75 Å². The fraction of sp³-hybridized carbons (Fsp3) is 0.235. The number of benzene rings is 1. The number of para-hydroxylation sites is 1. The summed E-state index contributed by atoms with van der Waals surface area (Å²) in [5, 5.41) is 6.16. The quantitative estimate of drug-likeness (QED) is 0.697. The molecule has 0 bridgehead atoms. The summed E-state index contributed by atoms with van der Waals surface area (Å²) >= 11 is 6.61. The maximum absolute atomic E-state index is 11.9. The Balaban J connectivity index is 1.58. The van der Waals surface area contributed by atoms with Crippen LogP contribution < -0.4 is 21.1 Å². The normalized spacial score (nSPS) is 12.3. The Kier molecular flexibility index (Phi) is 5.30. The molecule has 1 aliphatic rings. The summed E-state index contributed by atoms with van der Waals surface area (Å²) in [5.74, 6) is -0.267. The van der Waals surface area contributed by atoms with Gasteiger partial charge < -0.3 is 15.8 Å². The standard InChI is InChI=1S/C17H17N3O3S2/c18-15(22)14-11-7-4-8-12(11)25-16(14)20-17(24)19-13(21)9-23-10-5-2-1-3-6-10/h1-3,5-6H,4,7-9H2,(H2,18,22)(H2,19,20,21,24). The van der Waals surface area contributed by atoms with Gasteiger partial charge in [0.2, 0.25) is 0 Å². The number of thiophene rings is 1. The van der Waals surface area contributed by atoms with Gasteiger partial charge in [-0.05, 0) is 49.2 Å². The van der Waals surface area contributed by atoms with Gasteiger partial charge >= 0.3 is 0 Å². The molecule has 2 aromatic rings. The molecule has 1 heterocycles. The molecule has 0 spiro atoms. The third-order valence-electron chi connectivity index (χ3n) is 3.76. The number of primary amides is 1. The summed E-state index contributed by atoms with van der Waals surface area (Å²) < 4.78 is 5.36. The lowest BCUT2D eigenvalue weighted by molar-refractivity contribution is -0.121. The lowest BCUT2D eigenvalue weighted by Crippen LogP contribution is -2.37. The Bertz CT molecular complexity index is 818. The van der Waals surface area contributed by atoms with Gasteiger partial charge in [0.15, 0.2) is 11.7 Å². The van der Waals surface area contributed by atoms with E-state index in [2.05, 4.69) is 10.6 Å². The Morgan fingerprint density at radius 2 is 2.00 bits per heavy atom. The van der Waals surface area contributed by atoms with E-state index in [0.29, 0.717) is 16.3 Å². The Morgan fingerprint density at radius 1 is 1.24 bits per heavy atom. The molecule has 6 nitrogen and oxygen atoms in total. The van der Waals surface area contributed by atoms with E-state index in [1.54, 1.807) is 12.1 Å². The van der Waals surface area contributed by atoms with Crippen LogP contribution in [0.25, 0.3) is 0 Å². The number of fused-ring (bicyclic) bond motifs is 1. The van der Waals surface area contributed by atoms with Crippen LogP contribution in [-0.2, 0) is 17.6 Å². The van der Waals surface area contributed by atoms with E-state index in [1.807, 2.05) is 18.2 Å². The molecular formula is C17H17N3O3S2. The second-order valence-electron chi connectivity index (χ2n) is 5.53. The highest BCUT2D eigenvalue weighted by Crippen LogP contribution is 2.38. The second-order valence-corrected chi connectivity index (χ2v) is 7.04. The minimum absolute atomic E-state index is 0.115. The van der Waals surface area contributed by atoms with Crippen molar-refractivity contribution in [1.82, 2.24) is 5.32 Å². The number of carbonyl (C=O) groups is 2. The summed E-state index contributed by atoms with van der Waals surface area (Å²) in [5.41, 5.74) is 6.98. The lowest BCUT2D eigenvalue weighted by Gasteiger charge is -2.10. The monoisotopic (exact) mass is 375 g/mol. The third-order valence-corrected chi connectivity index (χ3v) is 5.17. The summed E-state index contributed by atoms with van der Waals surface area (Å²) in [6.45, 7) is -0.157. The van der Waals surface area contributed by atoms with Crippen molar-refractivity contribution in [2.45, 2.75) is 19.3 Å². The summed E-state index contributed by atoms with van der Waals surface area (Å²) in [6, 6.07) is 9.02. The summed E-state index contributed by atoms with van der Waals surface area (Å²) in [6.07, 6.45) is 2.81. The molecule has 0 saturated heterocycles. The predicted molar refractivity (Wildman–Crippen MR) is 101 cm³/mol. The highest BCUT2D eigenvalue weighted by molar-refractivity contribution is 7.80. The van der Waals surface area contributed by atoms with Crippen molar-refractivity contribution in [3.63, 3.8) is 0 Å². The van der Waals surface area contributed by atoms with Gasteiger partial charge in [0.05, 0.1) is 5.56 Å². The SMILES string of the molecule is NC(=O)c1c(NC(=S)NC(=O)COc2ccccc2)sc2c1CCC2. The van der Waals surface area contributed by atoms with Gasteiger partial charge in [-0.25, -0.2) is 0 Å². The molecule has 1 aromatic carbocycles. The highest BCUT2D eigenvalue weighted by Gasteiger charge is 2.25. The smallest absolute Gasteiger partial charge is 0.264 e. The minimum atomic E-state index is -0.483. The van der Waals surface area contributed by atoms with E-state index in [9.17, 15) is 9.59 Å². The van der Waals surface area contributed by atoms with Gasteiger partial charge in [-0.15, -0.1) is 11.3 Å². The number of amides is 2. The van der Waals surface area contributed by atoms with Gasteiger partial charge in [-0.1, -0.05) is 18.2 Å². The van der Waals surface area contributed by atoms with Crippen molar-refractivity contribution >= 4 is 45.5 Å². The number of carbonyl (C=O) groups excluding carboxylic acids is 2. The molecule has 0 saturated carbocycles. The van der Waals surface area contributed by atoms with E-state index in [0.717, 1.165) is 29.7 Å². The van der Waals surface area contributed by atoms with Crippen molar-refractivity contribution in [1.29, 1.82) is 0 Å². The maximum atomic E-state index is 11.9. The average Bonchev–Trinajstić information content (AvgIpc) is 3.13. The highest BCUT2D eigenvalue weighted by atomic mass is 32.1. The van der Waals surface area contributed by atoms with Gasteiger partial charge in [0, 0.05) is 4.88 Å². The minimum Gasteiger partial charge on any atom is -0.484 e. The molecule has 4 N–H and O–H groups in total. The van der Waals surface area contributed by atoms with Gasteiger partial charge in [-0.3, -0.25) is 14.9 Å². The van der Waals surface area contributed by atoms with Gasteiger partial charge in [0.1, 0.15) is 10.8 Å². The number of nitrogens with one attached hydrogen (secondary N) is 2. The molecular weight excluding hydrogens is 358 g/mol. The van der Waals surface area contributed by atoms with Crippen LogP contribution in [0.3, 0.4) is 0 Å². The number of hydrogen-bond acceptors (Lipinski definition) is 5. The van der Waals surface area contributed by atoms with Crippen LogP contribution in [0.1, 0.15) is 27.2 Å². The Labute approximate surface area is 154 Å². The van der Waals surface area contributed by atoms with E-state index in [4.69, 9.17) is 22.7 Å². The largest absolute Gasteiger partial charge is 0.484 e. The van der Waals surface area contributed by atoms with E-state index in [-0.39, 0.29) is 17.6 Å². The zero-order chi connectivity index (χ0) is 17.8. The fourth-order valence-corrected chi connectivity index (χ4v) is 4.30. The van der Waals surface area contributed by atoms with E-state index < -0.39 is 5.91 Å². The van der Waals surface area contributed by atoms with Crippen LogP contribution in [0.5, 0.6) is 5.75 Å². The first-order valence-corrected chi connectivity index (χ1v) is 9.00. The number of ether oxygens (including phenoxy) is 1. The molecule has 8 heteroatoms. The van der Waals surface area contributed by atoms with Crippen molar-refractivity contribution in [2.24, 2.45) is 5.73 Å². The first-order chi connectivity index (χ1) is 12.0. The number of aryl methyl sites for hydroxylation is 1. The number of rotatable bonds is 5.